The lowest BCUT2D eigenvalue weighted by molar-refractivity contribution is -0.389. The molecule has 10 heteroatoms. The van der Waals surface area contributed by atoms with Gasteiger partial charge < -0.3 is 29.8 Å². The van der Waals surface area contributed by atoms with Gasteiger partial charge in [0.1, 0.15) is 17.7 Å². The number of hydrogen-bond acceptors (Lipinski definition) is 7. The highest BCUT2D eigenvalue weighted by Crippen LogP contribution is 2.22. The maximum atomic E-state index is 11.6. The van der Waals surface area contributed by atoms with Crippen LogP contribution in [0.3, 0.4) is 0 Å². The summed E-state index contributed by atoms with van der Waals surface area (Å²) in [6.45, 7) is 0.365. The molecule has 152 valence electrons. The molecule has 1 amide bonds. The van der Waals surface area contributed by atoms with Crippen molar-refractivity contribution in [1.82, 2.24) is 15.2 Å². The molecular weight excluding hydrogens is 388 g/mol. The summed E-state index contributed by atoms with van der Waals surface area (Å²) in [6.07, 6.45) is 1.55. The van der Waals surface area contributed by atoms with Gasteiger partial charge >= 0.3 is 11.9 Å². The summed E-state index contributed by atoms with van der Waals surface area (Å²) < 4.78 is 10.8. The first-order valence-corrected chi connectivity index (χ1v) is 8.30. The molecule has 28 heavy (non-hydrogen) atoms. The standard InChI is InChI=1S/C18H22N4O5.ClH/c1-19-16(9-11-26-15-8-10-20-17(12-15)22(24)25)13-4-6-14(7-5-13)27-18(23)21(2)3;/h4-8,10,12,16,19H,9,11H2,1-3H3;1H. The lowest BCUT2D eigenvalue weighted by Gasteiger charge is -2.17. The molecule has 0 aliphatic rings. The Labute approximate surface area is 169 Å². The molecule has 0 spiro atoms. The second-order valence-corrected chi connectivity index (χ2v) is 5.92. The Morgan fingerprint density at radius 1 is 1.25 bits per heavy atom. The van der Waals surface area contributed by atoms with Gasteiger partial charge in [-0.2, -0.15) is 0 Å². The van der Waals surface area contributed by atoms with E-state index in [9.17, 15) is 14.9 Å². The van der Waals surface area contributed by atoms with E-state index in [1.165, 1.54) is 17.2 Å². The van der Waals surface area contributed by atoms with Crippen LogP contribution in [0.1, 0.15) is 18.0 Å². The number of halogens is 1. The van der Waals surface area contributed by atoms with E-state index < -0.39 is 11.0 Å². The molecule has 1 unspecified atom stereocenters. The molecule has 0 radical (unpaired) electrons. The van der Waals surface area contributed by atoms with Crippen molar-refractivity contribution in [2.45, 2.75) is 12.5 Å². The SMILES string of the molecule is CNC(CCOc1ccnc([N+](=O)[O-])c1)c1ccc(OC(=O)N(C)C)cc1.Cl. The van der Waals surface area contributed by atoms with Crippen LogP contribution in [0.4, 0.5) is 10.6 Å². The van der Waals surface area contributed by atoms with Crippen LogP contribution in [0.2, 0.25) is 0 Å². The predicted molar refractivity (Wildman–Crippen MR) is 106 cm³/mol. The van der Waals surface area contributed by atoms with Crippen LogP contribution in [0, 0.1) is 10.1 Å². The molecule has 0 saturated heterocycles. The van der Waals surface area contributed by atoms with Gasteiger partial charge in [-0.25, -0.2) is 4.79 Å². The van der Waals surface area contributed by atoms with Crippen molar-refractivity contribution in [3.63, 3.8) is 0 Å². The molecule has 0 fully saturated rings. The number of nitro groups is 1. The zero-order chi connectivity index (χ0) is 19.8. The van der Waals surface area contributed by atoms with Crippen LogP contribution in [-0.4, -0.2) is 48.7 Å². The molecule has 0 bridgehead atoms. The van der Waals surface area contributed by atoms with E-state index in [2.05, 4.69) is 10.3 Å². The second kappa shape index (κ2) is 11.1. The van der Waals surface area contributed by atoms with E-state index in [0.29, 0.717) is 24.5 Å². The minimum atomic E-state index is -0.562. The predicted octanol–water partition coefficient (Wildman–Crippen LogP) is 3.20. The molecule has 1 aromatic carbocycles. The molecular formula is C18H23ClN4O5. The molecule has 1 aromatic heterocycles. The first kappa shape index (κ1) is 23.1. The number of nitrogens with one attached hydrogen (secondary N) is 1. The maximum absolute atomic E-state index is 11.6. The first-order valence-electron chi connectivity index (χ1n) is 8.30. The van der Waals surface area contributed by atoms with Gasteiger partial charge in [0.25, 0.3) is 0 Å². The summed E-state index contributed by atoms with van der Waals surface area (Å²) in [5, 5.41) is 13.9. The smallest absolute Gasteiger partial charge is 0.414 e. The first-order chi connectivity index (χ1) is 12.9. The second-order valence-electron chi connectivity index (χ2n) is 5.92. The Balaban J connectivity index is 0.00000392. The summed E-state index contributed by atoms with van der Waals surface area (Å²) in [6, 6.07) is 10.1. The lowest BCUT2D eigenvalue weighted by Crippen LogP contribution is -2.25. The number of benzene rings is 1. The fraction of sp³-hybridized carbons (Fsp3) is 0.333. The van der Waals surface area contributed by atoms with Gasteiger partial charge in [0.05, 0.1) is 12.7 Å². The molecule has 1 heterocycles. The van der Waals surface area contributed by atoms with Gasteiger partial charge in [0.2, 0.25) is 0 Å². The van der Waals surface area contributed by atoms with Crippen molar-refractivity contribution in [2.24, 2.45) is 0 Å². The molecule has 0 aliphatic carbocycles. The lowest BCUT2D eigenvalue weighted by atomic mass is 10.0. The van der Waals surface area contributed by atoms with Crippen molar-refractivity contribution in [1.29, 1.82) is 0 Å². The number of nitrogens with zero attached hydrogens (tertiary/aromatic N) is 3. The molecule has 2 rings (SSSR count). The van der Waals surface area contributed by atoms with E-state index >= 15 is 0 Å². The van der Waals surface area contributed by atoms with Crippen LogP contribution < -0.4 is 14.8 Å². The quantitative estimate of drug-likeness (QED) is 0.526. The third-order valence-corrected chi connectivity index (χ3v) is 3.78. The minimum absolute atomic E-state index is 0. The third-order valence-electron chi connectivity index (χ3n) is 3.78. The number of carbonyl (C=O) groups is 1. The fourth-order valence-corrected chi connectivity index (χ4v) is 2.32. The Hall–Kier alpha value is -2.91. The van der Waals surface area contributed by atoms with Crippen molar-refractivity contribution in [2.75, 3.05) is 27.7 Å². The number of carbonyl (C=O) groups excluding carboxylic acids is 1. The van der Waals surface area contributed by atoms with Crippen molar-refractivity contribution in [3.05, 3.63) is 58.3 Å². The number of rotatable bonds is 8. The fourth-order valence-electron chi connectivity index (χ4n) is 2.32. The van der Waals surface area contributed by atoms with Gasteiger partial charge in [-0.3, -0.25) is 0 Å². The Bertz CT molecular complexity index is 786. The zero-order valence-electron chi connectivity index (χ0n) is 15.8. The highest BCUT2D eigenvalue weighted by atomic mass is 35.5. The van der Waals surface area contributed by atoms with Gasteiger partial charge in [0, 0.05) is 32.6 Å². The van der Waals surface area contributed by atoms with Crippen LogP contribution in [0.15, 0.2) is 42.6 Å². The van der Waals surface area contributed by atoms with E-state index in [1.54, 1.807) is 32.3 Å². The van der Waals surface area contributed by atoms with E-state index in [4.69, 9.17) is 9.47 Å². The van der Waals surface area contributed by atoms with Crippen LogP contribution in [-0.2, 0) is 0 Å². The number of pyridine rings is 1. The number of amides is 1. The van der Waals surface area contributed by atoms with Gasteiger partial charge in [-0.15, -0.1) is 12.4 Å². The Kier molecular flexibility index (Phi) is 9.13. The van der Waals surface area contributed by atoms with Crippen LogP contribution in [0.25, 0.3) is 0 Å². The zero-order valence-corrected chi connectivity index (χ0v) is 16.6. The molecule has 2 aromatic rings. The highest BCUT2D eigenvalue weighted by molar-refractivity contribution is 5.85. The summed E-state index contributed by atoms with van der Waals surface area (Å²) in [7, 11) is 5.07. The molecule has 0 aliphatic heterocycles. The van der Waals surface area contributed by atoms with Crippen LogP contribution >= 0.6 is 12.4 Å². The van der Waals surface area contributed by atoms with Gasteiger partial charge in [-0.05, 0) is 34.7 Å². The van der Waals surface area contributed by atoms with E-state index in [0.717, 1.165) is 5.56 Å². The average Bonchev–Trinajstić information content (AvgIpc) is 2.66. The van der Waals surface area contributed by atoms with Crippen LogP contribution in [0.5, 0.6) is 11.5 Å². The minimum Gasteiger partial charge on any atom is -0.493 e. The highest BCUT2D eigenvalue weighted by Gasteiger charge is 2.13. The molecule has 0 saturated carbocycles. The molecule has 1 atom stereocenters. The monoisotopic (exact) mass is 410 g/mol. The summed E-state index contributed by atoms with van der Waals surface area (Å²) in [5.41, 5.74) is 1.01. The number of aromatic nitrogens is 1. The number of ether oxygens (including phenoxy) is 2. The number of hydrogen-bond donors (Lipinski definition) is 1. The third kappa shape index (κ3) is 6.67. The van der Waals surface area contributed by atoms with Gasteiger partial charge in [0.15, 0.2) is 0 Å². The average molecular weight is 411 g/mol. The maximum Gasteiger partial charge on any atom is 0.414 e. The van der Waals surface area contributed by atoms with Gasteiger partial charge in [-0.1, -0.05) is 12.1 Å². The largest absolute Gasteiger partial charge is 0.493 e. The topological polar surface area (TPSA) is 107 Å². The summed E-state index contributed by atoms with van der Waals surface area (Å²) in [4.78, 5) is 26.7. The summed E-state index contributed by atoms with van der Waals surface area (Å²) >= 11 is 0. The van der Waals surface area contributed by atoms with Crippen molar-refractivity contribution in [3.8, 4) is 11.5 Å². The molecule has 9 nitrogen and oxygen atoms in total. The van der Waals surface area contributed by atoms with E-state index in [1.807, 2.05) is 19.2 Å². The van der Waals surface area contributed by atoms with Crippen molar-refractivity contribution < 1.29 is 19.2 Å². The van der Waals surface area contributed by atoms with E-state index in [-0.39, 0.29) is 24.3 Å². The normalized spacial score (nSPS) is 11.1. The Morgan fingerprint density at radius 2 is 1.93 bits per heavy atom. The Morgan fingerprint density at radius 3 is 2.50 bits per heavy atom. The molecule has 1 N–H and O–H groups in total. The summed E-state index contributed by atoms with van der Waals surface area (Å²) in [5.74, 6) is 0.616. The van der Waals surface area contributed by atoms with Crippen molar-refractivity contribution >= 4 is 24.3 Å².